The van der Waals surface area contributed by atoms with Crippen LogP contribution >= 0.6 is 11.3 Å². The highest BCUT2D eigenvalue weighted by molar-refractivity contribution is 7.14. The number of nitrogens with one attached hydrogen (secondary N) is 1. The van der Waals surface area contributed by atoms with Crippen molar-refractivity contribution in [3.63, 3.8) is 0 Å². The second-order valence-corrected chi connectivity index (χ2v) is 7.69. The van der Waals surface area contributed by atoms with Gasteiger partial charge in [0.25, 0.3) is 5.91 Å². The summed E-state index contributed by atoms with van der Waals surface area (Å²) in [6, 6.07) is 3.16. The molecule has 0 unspecified atom stereocenters. The molecule has 30 heavy (non-hydrogen) atoms. The number of esters is 1. The summed E-state index contributed by atoms with van der Waals surface area (Å²) >= 11 is 1.24. The van der Waals surface area contributed by atoms with E-state index in [1.165, 1.54) is 11.3 Å². The summed E-state index contributed by atoms with van der Waals surface area (Å²) in [6.45, 7) is 9.90. The van der Waals surface area contributed by atoms with Gasteiger partial charge in [-0.3, -0.25) is 14.9 Å². The van der Waals surface area contributed by atoms with Gasteiger partial charge in [-0.05, 0) is 33.6 Å². The van der Waals surface area contributed by atoms with Crippen molar-refractivity contribution < 1.29 is 23.8 Å². The van der Waals surface area contributed by atoms with Crippen LogP contribution in [0.4, 0.5) is 5.13 Å². The van der Waals surface area contributed by atoms with Gasteiger partial charge in [0.05, 0.1) is 36.5 Å². The number of thiazole rings is 1. The molecule has 9 heteroatoms. The predicted octanol–water partition coefficient (Wildman–Crippen LogP) is 4.25. The van der Waals surface area contributed by atoms with E-state index in [4.69, 9.17) is 14.2 Å². The Balaban J connectivity index is 2.17. The molecular formula is C21H29N3O5S. The van der Waals surface area contributed by atoms with E-state index >= 15 is 0 Å². The zero-order valence-electron chi connectivity index (χ0n) is 18.1. The third-order valence-corrected chi connectivity index (χ3v) is 4.80. The zero-order valence-corrected chi connectivity index (χ0v) is 18.9. The highest BCUT2D eigenvalue weighted by atomic mass is 32.1. The number of nitrogens with zero attached hydrogens (tertiary/aromatic N) is 2. The molecule has 1 N–H and O–H groups in total. The molecule has 0 saturated heterocycles. The van der Waals surface area contributed by atoms with Crippen molar-refractivity contribution in [2.24, 2.45) is 0 Å². The van der Waals surface area contributed by atoms with Gasteiger partial charge in [0, 0.05) is 17.5 Å². The summed E-state index contributed by atoms with van der Waals surface area (Å²) in [5.41, 5.74) is 0.897. The topological polar surface area (TPSA) is 99.6 Å². The van der Waals surface area contributed by atoms with E-state index in [1.807, 2.05) is 27.7 Å². The third kappa shape index (κ3) is 7.29. The average molecular weight is 436 g/mol. The van der Waals surface area contributed by atoms with E-state index in [0.717, 1.165) is 12.8 Å². The number of amides is 1. The number of hydrogen-bond acceptors (Lipinski definition) is 8. The lowest BCUT2D eigenvalue weighted by atomic mass is 10.2. The van der Waals surface area contributed by atoms with Crippen molar-refractivity contribution in [2.75, 3.05) is 11.9 Å². The van der Waals surface area contributed by atoms with E-state index in [1.54, 1.807) is 24.4 Å². The summed E-state index contributed by atoms with van der Waals surface area (Å²) < 4.78 is 16.5. The van der Waals surface area contributed by atoms with Crippen LogP contribution in [0.1, 0.15) is 63.5 Å². The van der Waals surface area contributed by atoms with Gasteiger partial charge in [-0.2, -0.15) is 4.98 Å². The molecule has 8 nitrogen and oxygen atoms in total. The van der Waals surface area contributed by atoms with Crippen LogP contribution in [0.25, 0.3) is 0 Å². The van der Waals surface area contributed by atoms with E-state index in [9.17, 15) is 9.59 Å². The molecule has 0 radical (unpaired) electrons. The fraction of sp³-hybridized carbons (Fsp3) is 0.524. The summed E-state index contributed by atoms with van der Waals surface area (Å²) in [4.78, 5) is 33.0. The molecule has 2 aromatic rings. The average Bonchev–Trinajstić information content (AvgIpc) is 3.12. The number of carbonyl (C=O) groups excluding carboxylic acids is 2. The van der Waals surface area contributed by atoms with Crippen molar-refractivity contribution in [1.29, 1.82) is 0 Å². The molecule has 0 aliphatic carbocycles. The van der Waals surface area contributed by atoms with Crippen molar-refractivity contribution in [1.82, 2.24) is 9.97 Å². The lowest BCUT2D eigenvalue weighted by Gasteiger charge is -2.17. The monoisotopic (exact) mass is 435 g/mol. The highest BCUT2D eigenvalue weighted by Crippen LogP contribution is 2.23. The summed E-state index contributed by atoms with van der Waals surface area (Å²) in [5, 5.41) is 4.86. The first kappa shape index (κ1) is 23.6. The lowest BCUT2D eigenvalue weighted by molar-refractivity contribution is -0.142. The Bertz CT molecular complexity index is 849. The van der Waals surface area contributed by atoms with Gasteiger partial charge in [-0.25, -0.2) is 4.98 Å². The molecule has 2 heterocycles. The molecule has 0 bridgehead atoms. The number of ether oxygens (including phenoxy) is 3. The first-order valence-electron chi connectivity index (χ1n) is 10.1. The molecule has 0 aromatic carbocycles. The predicted molar refractivity (Wildman–Crippen MR) is 115 cm³/mol. The maximum absolute atomic E-state index is 12.8. The van der Waals surface area contributed by atoms with Gasteiger partial charge >= 0.3 is 5.97 Å². The third-order valence-electron chi connectivity index (χ3n) is 4.00. The van der Waals surface area contributed by atoms with Crippen molar-refractivity contribution in [2.45, 2.75) is 66.1 Å². The zero-order chi connectivity index (χ0) is 22.1. The lowest BCUT2D eigenvalue weighted by Crippen LogP contribution is -2.17. The van der Waals surface area contributed by atoms with E-state index in [2.05, 4.69) is 15.3 Å². The van der Waals surface area contributed by atoms with Crippen LogP contribution in [0, 0.1) is 0 Å². The first-order chi connectivity index (χ1) is 14.3. The summed E-state index contributed by atoms with van der Waals surface area (Å²) in [7, 11) is 0. The molecule has 0 aliphatic heterocycles. The second kappa shape index (κ2) is 11.5. The van der Waals surface area contributed by atoms with Gasteiger partial charge in [-0.15, -0.1) is 11.3 Å². The highest BCUT2D eigenvalue weighted by Gasteiger charge is 2.17. The molecule has 2 rings (SSSR count). The van der Waals surface area contributed by atoms with E-state index in [-0.39, 0.29) is 30.5 Å². The van der Waals surface area contributed by atoms with Crippen LogP contribution < -0.4 is 14.8 Å². The first-order valence-corrected chi connectivity index (χ1v) is 11.0. The molecule has 0 saturated carbocycles. The van der Waals surface area contributed by atoms with Crippen LogP contribution in [-0.4, -0.2) is 40.7 Å². The maximum Gasteiger partial charge on any atom is 0.311 e. The fourth-order valence-corrected chi connectivity index (χ4v) is 3.28. The Morgan fingerprint density at radius 1 is 1.07 bits per heavy atom. The molecule has 2 aromatic heterocycles. The van der Waals surface area contributed by atoms with E-state index in [0.29, 0.717) is 34.8 Å². The van der Waals surface area contributed by atoms with Crippen LogP contribution in [0.3, 0.4) is 0 Å². The molecule has 164 valence electrons. The smallest absolute Gasteiger partial charge is 0.311 e. The molecule has 0 atom stereocenters. The Morgan fingerprint density at radius 2 is 1.73 bits per heavy atom. The Hall–Kier alpha value is -2.68. The number of carbonyl (C=O) groups is 2. The summed E-state index contributed by atoms with van der Waals surface area (Å²) in [6.07, 6.45) is 1.64. The van der Waals surface area contributed by atoms with Gasteiger partial charge in [0.2, 0.25) is 11.8 Å². The largest absolute Gasteiger partial charge is 0.475 e. The normalized spacial score (nSPS) is 10.9. The number of rotatable bonds is 11. The molecule has 0 fully saturated rings. The quantitative estimate of drug-likeness (QED) is 0.527. The van der Waals surface area contributed by atoms with Crippen LogP contribution in [-0.2, 0) is 16.0 Å². The van der Waals surface area contributed by atoms with E-state index < -0.39 is 0 Å². The Labute approximate surface area is 181 Å². The minimum atomic E-state index is -0.363. The van der Waals surface area contributed by atoms with Gasteiger partial charge in [-0.1, -0.05) is 13.8 Å². The summed E-state index contributed by atoms with van der Waals surface area (Å²) in [5.74, 6) is -0.0548. The van der Waals surface area contributed by atoms with Crippen LogP contribution in [0.5, 0.6) is 11.8 Å². The van der Waals surface area contributed by atoms with Crippen molar-refractivity contribution in [3.8, 4) is 11.8 Å². The number of anilines is 1. The van der Waals surface area contributed by atoms with Gasteiger partial charge < -0.3 is 14.2 Å². The molecule has 0 spiro atoms. The SMILES string of the molecule is CCOC(=O)Cc1csc(NC(=O)c2cc(OC(C)C)nc(OC(CC)CC)c2)n1. The Morgan fingerprint density at radius 3 is 2.33 bits per heavy atom. The molecular weight excluding hydrogens is 406 g/mol. The van der Waals surface area contributed by atoms with Gasteiger partial charge in [0.1, 0.15) is 0 Å². The van der Waals surface area contributed by atoms with Crippen molar-refractivity contribution in [3.05, 3.63) is 28.8 Å². The number of aromatic nitrogens is 2. The second-order valence-electron chi connectivity index (χ2n) is 6.84. The van der Waals surface area contributed by atoms with Crippen LogP contribution in [0.15, 0.2) is 17.5 Å². The minimum Gasteiger partial charge on any atom is -0.475 e. The van der Waals surface area contributed by atoms with Gasteiger partial charge in [0.15, 0.2) is 5.13 Å². The minimum absolute atomic E-state index is 0.00658. The van der Waals surface area contributed by atoms with Crippen molar-refractivity contribution >= 4 is 28.3 Å². The fourth-order valence-electron chi connectivity index (χ4n) is 2.58. The van der Waals surface area contributed by atoms with Crippen LogP contribution in [0.2, 0.25) is 0 Å². The maximum atomic E-state index is 12.8. The number of hydrogen-bond donors (Lipinski definition) is 1. The molecule has 0 aliphatic rings. The standard InChI is InChI=1S/C21H29N3O5S/c1-6-16(7-2)29-18-10-14(9-17(23-18)28-13(4)5)20(26)24-21-22-15(12-30-21)11-19(25)27-8-3/h9-10,12-13,16H,6-8,11H2,1-5H3,(H,22,24,26). The Kier molecular flexibility index (Phi) is 9.04. The number of pyridine rings is 1. The molecule has 1 amide bonds.